The second kappa shape index (κ2) is 9.26. The molecule has 0 aromatic carbocycles. The minimum Gasteiger partial charge on any atom is -0.454 e. The fraction of sp³-hybridized carbons (Fsp3) is 0.810. The number of rotatable bonds is 7. The number of fused-ring (bicyclic) bond motifs is 1. The van der Waals surface area contributed by atoms with Crippen LogP contribution in [0.5, 0.6) is 0 Å². The van der Waals surface area contributed by atoms with Crippen LogP contribution in [-0.2, 0) is 33.8 Å². The van der Waals surface area contributed by atoms with Crippen molar-refractivity contribution in [1.29, 1.82) is 0 Å². The number of sulfone groups is 1. The Hall–Kier alpha value is -1.97. The summed E-state index contributed by atoms with van der Waals surface area (Å²) in [5, 5.41) is 0. The average Bonchev–Trinajstić information content (AvgIpc) is 3.20. The molecule has 0 aromatic rings. The minimum atomic E-state index is -3.17. The molecule has 0 aromatic heterocycles. The van der Waals surface area contributed by atoms with E-state index < -0.39 is 40.4 Å². The predicted molar refractivity (Wildman–Crippen MR) is 111 cm³/mol. The monoisotopic (exact) mass is 456 g/mol. The number of hydrogen-bond acceptors (Lipinski definition) is 7. The zero-order valence-electron chi connectivity index (χ0n) is 18.4. The third-order valence-electron chi connectivity index (χ3n) is 6.47. The molecule has 0 spiro atoms. The summed E-state index contributed by atoms with van der Waals surface area (Å²) in [6.07, 6.45) is 3.46. The largest absolute Gasteiger partial charge is 0.454 e. The van der Waals surface area contributed by atoms with Crippen molar-refractivity contribution >= 4 is 33.5 Å². The van der Waals surface area contributed by atoms with Gasteiger partial charge in [0.15, 0.2) is 16.4 Å². The molecule has 3 rings (SSSR count). The Labute approximate surface area is 183 Å². The van der Waals surface area contributed by atoms with E-state index in [1.165, 1.54) is 11.8 Å². The molecule has 1 aliphatic carbocycles. The molecule has 3 amide bonds. The molecule has 0 N–H and O–H groups in total. The van der Waals surface area contributed by atoms with Crippen LogP contribution < -0.4 is 0 Å². The van der Waals surface area contributed by atoms with Gasteiger partial charge in [-0.3, -0.25) is 19.3 Å². The molecular weight excluding hydrogens is 424 g/mol. The van der Waals surface area contributed by atoms with Crippen molar-refractivity contribution in [2.45, 2.75) is 65.0 Å². The molecule has 1 saturated carbocycles. The maximum Gasteiger partial charge on any atom is 0.329 e. The van der Waals surface area contributed by atoms with E-state index in [2.05, 4.69) is 0 Å². The van der Waals surface area contributed by atoms with Gasteiger partial charge in [0.05, 0.1) is 23.3 Å². The smallest absolute Gasteiger partial charge is 0.329 e. The summed E-state index contributed by atoms with van der Waals surface area (Å²) in [4.78, 5) is 53.1. The van der Waals surface area contributed by atoms with E-state index in [4.69, 9.17) is 4.74 Å². The van der Waals surface area contributed by atoms with Gasteiger partial charge in [0.1, 0.15) is 6.04 Å². The SMILES string of the molecule is CC(C)CN(C(=O)COC(=O)[C@H](C)N1C(=O)C2CCCCC2C1=O)C1CCS(=O)(=O)C1. The summed E-state index contributed by atoms with van der Waals surface area (Å²) in [6, 6.07) is -1.52. The molecular formula is C21H32N2O7S. The zero-order valence-corrected chi connectivity index (χ0v) is 19.2. The number of hydrogen-bond donors (Lipinski definition) is 0. The summed E-state index contributed by atoms with van der Waals surface area (Å²) < 4.78 is 28.8. The van der Waals surface area contributed by atoms with Gasteiger partial charge in [-0.2, -0.15) is 0 Å². The number of esters is 1. The van der Waals surface area contributed by atoms with Crippen molar-refractivity contribution in [2.24, 2.45) is 17.8 Å². The Bertz CT molecular complexity index is 830. The predicted octanol–water partition coefficient (Wildman–Crippen LogP) is 0.765. The molecule has 2 saturated heterocycles. The molecule has 0 bridgehead atoms. The fourth-order valence-electron chi connectivity index (χ4n) is 4.88. The lowest BCUT2D eigenvalue weighted by Gasteiger charge is -2.30. The van der Waals surface area contributed by atoms with Crippen LogP contribution in [0.25, 0.3) is 0 Å². The van der Waals surface area contributed by atoms with E-state index in [-0.39, 0.29) is 41.1 Å². The van der Waals surface area contributed by atoms with Crippen LogP contribution in [-0.4, -0.2) is 78.6 Å². The molecule has 10 heteroatoms. The van der Waals surface area contributed by atoms with Gasteiger partial charge >= 0.3 is 5.97 Å². The fourth-order valence-corrected chi connectivity index (χ4v) is 6.61. The molecule has 4 atom stereocenters. The van der Waals surface area contributed by atoms with Gasteiger partial charge < -0.3 is 9.64 Å². The van der Waals surface area contributed by atoms with Gasteiger partial charge in [-0.05, 0) is 32.1 Å². The van der Waals surface area contributed by atoms with Crippen LogP contribution in [0.4, 0.5) is 0 Å². The Morgan fingerprint density at radius 2 is 1.65 bits per heavy atom. The second-order valence-electron chi connectivity index (χ2n) is 9.32. The third-order valence-corrected chi connectivity index (χ3v) is 8.22. The van der Waals surface area contributed by atoms with Gasteiger partial charge in [0, 0.05) is 12.6 Å². The molecule has 3 unspecified atom stereocenters. The summed E-state index contributed by atoms with van der Waals surface area (Å²) in [5.74, 6) is -2.58. The highest BCUT2D eigenvalue weighted by Gasteiger charge is 2.51. The Kier molecular flexibility index (Phi) is 7.08. The Morgan fingerprint density at radius 3 is 2.13 bits per heavy atom. The second-order valence-corrected chi connectivity index (χ2v) is 11.6. The average molecular weight is 457 g/mol. The summed E-state index contributed by atoms with van der Waals surface area (Å²) in [6.45, 7) is 5.09. The number of imide groups is 1. The quantitative estimate of drug-likeness (QED) is 0.410. The lowest BCUT2D eigenvalue weighted by Crippen LogP contribution is -2.47. The first-order chi connectivity index (χ1) is 14.5. The van der Waals surface area contributed by atoms with Crippen LogP contribution in [0.2, 0.25) is 0 Å². The number of carbonyl (C=O) groups excluding carboxylic acids is 4. The lowest BCUT2D eigenvalue weighted by molar-refractivity contribution is -0.161. The highest BCUT2D eigenvalue weighted by Crippen LogP contribution is 2.38. The van der Waals surface area contributed by atoms with Crippen LogP contribution in [0.3, 0.4) is 0 Å². The molecule has 31 heavy (non-hydrogen) atoms. The molecule has 3 aliphatic rings. The van der Waals surface area contributed by atoms with E-state index in [0.29, 0.717) is 25.8 Å². The maximum absolute atomic E-state index is 12.8. The highest BCUT2D eigenvalue weighted by atomic mass is 32.2. The van der Waals surface area contributed by atoms with Crippen LogP contribution >= 0.6 is 0 Å². The number of likely N-dealkylation sites (tertiary alicyclic amines) is 1. The van der Waals surface area contributed by atoms with Crippen molar-refractivity contribution in [2.75, 3.05) is 24.7 Å². The van der Waals surface area contributed by atoms with E-state index >= 15 is 0 Å². The molecule has 0 radical (unpaired) electrons. The minimum absolute atomic E-state index is 0.0396. The first-order valence-corrected chi connectivity index (χ1v) is 12.9. The van der Waals surface area contributed by atoms with Gasteiger partial charge in [-0.1, -0.05) is 26.7 Å². The van der Waals surface area contributed by atoms with Gasteiger partial charge in [0.25, 0.3) is 5.91 Å². The summed E-state index contributed by atoms with van der Waals surface area (Å²) in [5.41, 5.74) is 0. The summed E-state index contributed by atoms with van der Waals surface area (Å²) >= 11 is 0. The van der Waals surface area contributed by atoms with E-state index in [0.717, 1.165) is 17.7 Å². The van der Waals surface area contributed by atoms with Crippen molar-refractivity contribution < 1.29 is 32.3 Å². The molecule has 2 heterocycles. The van der Waals surface area contributed by atoms with Crippen molar-refractivity contribution in [3.05, 3.63) is 0 Å². The normalized spacial score (nSPS) is 28.5. The highest BCUT2D eigenvalue weighted by molar-refractivity contribution is 7.91. The van der Waals surface area contributed by atoms with E-state index in [1.54, 1.807) is 0 Å². The molecule has 174 valence electrons. The topological polar surface area (TPSA) is 118 Å². The van der Waals surface area contributed by atoms with E-state index in [1.807, 2.05) is 13.8 Å². The number of ether oxygens (including phenoxy) is 1. The Balaban J connectivity index is 1.61. The van der Waals surface area contributed by atoms with Gasteiger partial charge in [-0.15, -0.1) is 0 Å². The van der Waals surface area contributed by atoms with Crippen LogP contribution in [0, 0.1) is 17.8 Å². The molecule has 2 aliphatic heterocycles. The molecule has 9 nitrogen and oxygen atoms in total. The van der Waals surface area contributed by atoms with Crippen LogP contribution in [0.15, 0.2) is 0 Å². The number of carbonyl (C=O) groups is 4. The standard InChI is InChI=1S/C21H32N2O7S/c1-13(2)10-22(15-8-9-31(28,29)12-15)18(24)11-30-21(27)14(3)23-19(25)16-6-4-5-7-17(16)20(23)26/h13-17H,4-12H2,1-3H3/t14-,15?,16?,17?/m0/s1. The van der Waals surface area contributed by atoms with Crippen molar-refractivity contribution in [1.82, 2.24) is 9.80 Å². The van der Waals surface area contributed by atoms with Gasteiger partial charge in [0.2, 0.25) is 11.8 Å². The molecule has 3 fully saturated rings. The number of nitrogens with zero attached hydrogens (tertiary/aromatic N) is 2. The first kappa shape index (κ1) is 23.7. The van der Waals surface area contributed by atoms with Crippen LogP contribution in [0.1, 0.15) is 52.9 Å². The Morgan fingerprint density at radius 1 is 1.06 bits per heavy atom. The van der Waals surface area contributed by atoms with Gasteiger partial charge in [-0.25, -0.2) is 13.2 Å². The van der Waals surface area contributed by atoms with Crippen molar-refractivity contribution in [3.8, 4) is 0 Å². The number of amides is 3. The van der Waals surface area contributed by atoms with Crippen molar-refractivity contribution in [3.63, 3.8) is 0 Å². The lowest BCUT2D eigenvalue weighted by atomic mass is 9.81. The van der Waals surface area contributed by atoms with E-state index in [9.17, 15) is 27.6 Å². The summed E-state index contributed by atoms with van der Waals surface area (Å²) in [7, 11) is -3.17. The third kappa shape index (κ3) is 5.10. The zero-order chi connectivity index (χ0) is 22.9. The maximum atomic E-state index is 12.8. The first-order valence-electron chi connectivity index (χ1n) is 11.0.